The predicted octanol–water partition coefficient (Wildman–Crippen LogP) is 4.72. The maximum Gasteiger partial charge on any atom is 0.257 e. The number of methoxy groups -OCH3 is 1. The number of nitrogens with one attached hydrogen (secondary N) is 3. The van der Waals surface area contributed by atoms with E-state index in [0.29, 0.717) is 33.5 Å². The van der Waals surface area contributed by atoms with Crippen LogP contribution in [0.5, 0.6) is 5.75 Å². The lowest BCUT2D eigenvalue weighted by Crippen LogP contribution is -2.32. The van der Waals surface area contributed by atoms with Crippen LogP contribution in [0.1, 0.15) is 16.1 Å². The van der Waals surface area contributed by atoms with Crippen molar-refractivity contribution >= 4 is 58.2 Å². The molecule has 0 saturated carbocycles. The topological polar surface area (TPSA) is 92.6 Å². The van der Waals surface area contributed by atoms with Gasteiger partial charge in [0, 0.05) is 17.8 Å². The van der Waals surface area contributed by atoms with Gasteiger partial charge in [0.25, 0.3) is 5.91 Å². The van der Waals surface area contributed by atoms with Gasteiger partial charge in [0.05, 0.1) is 29.6 Å². The molecule has 0 aliphatic rings. The van der Waals surface area contributed by atoms with Gasteiger partial charge in [-0.15, -0.1) is 0 Å². The molecule has 31 heavy (non-hydrogen) atoms. The molecule has 0 unspecified atom stereocenters. The molecular formula is C22H18ClN3O4S. The first-order valence-corrected chi connectivity index (χ1v) is 9.82. The summed E-state index contributed by atoms with van der Waals surface area (Å²) in [5.41, 5.74) is 1.36. The third kappa shape index (κ3) is 6.18. The van der Waals surface area contributed by atoms with Gasteiger partial charge in [0.15, 0.2) is 5.11 Å². The van der Waals surface area contributed by atoms with Gasteiger partial charge in [0.1, 0.15) is 11.5 Å². The molecule has 3 aromatic rings. The Labute approximate surface area is 189 Å². The third-order valence-electron chi connectivity index (χ3n) is 4.00. The summed E-state index contributed by atoms with van der Waals surface area (Å²) in [4.78, 5) is 24.4. The average molecular weight is 456 g/mol. The molecule has 3 N–H and O–H groups in total. The lowest BCUT2D eigenvalue weighted by molar-refractivity contribution is -0.115. The van der Waals surface area contributed by atoms with E-state index in [1.807, 2.05) is 0 Å². The predicted molar refractivity (Wildman–Crippen MR) is 125 cm³/mol. The number of benzene rings is 2. The first-order chi connectivity index (χ1) is 15.0. The standard InChI is InChI=1S/C22H18ClN3O4S/c1-29-19-13-14(24-22(31)26-20(27)11-9-15-5-4-12-30-15)8-10-18(19)25-21(28)16-6-2-3-7-17(16)23/h2-13H,1H3,(H,25,28)(H2,24,26,27,31)/b11-9+. The minimum atomic E-state index is -0.413. The highest BCUT2D eigenvalue weighted by Gasteiger charge is 2.13. The van der Waals surface area contributed by atoms with Crippen molar-refractivity contribution in [1.82, 2.24) is 5.32 Å². The number of ether oxygens (including phenoxy) is 1. The number of hydrogen-bond acceptors (Lipinski definition) is 5. The first-order valence-electron chi connectivity index (χ1n) is 9.03. The van der Waals surface area contributed by atoms with Crippen LogP contribution in [0.25, 0.3) is 6.08 Å². The maximum atomic E-state index is 12.5. The van der Waals surface area contributed by atoms with E-state index in [4.69, 9.17) is 33.0 Å². The van der Waals surface area contributed by atoms with Crippen molar-refractivity contribution in [2.45, 2.75) is 0 Å². The number of furan rings is 1. The molecular weight excluding hydrogens is 438 g/mol. The zero-order valence-corrected chi connectivity index (χ0v) is 17.9. The lowest BCUT2D eigenvalue weighted by Gasteiger charge is -2.14. The molecule has 158 valence electrons. The second-order valence-electron chi connectivity index (χ2n) is 6.14. The molecule has 7 nitrogen and oxygen atoms in total. The second-order valence-corrected chi connectivity index (χ2v) is 6.96. The highest BCUT2D eigenvalue weighted by Crippen LogP contribution is 2.29. The van der Waals surface area contributed by atoms with E-state index < -0.39 is 5.91 Å². The summed E-state index contributed by atoms with van der Waals surface area (Å²) in [5, 5.41) is 8.63. The Kier molecular flexibility index (Phi) is 7.42. The van der Waals surface area contributed by atoms with Crippen LogP contribution in [0.4, 0.5) is 11.4 Å². The van der Waals surface area contributed by atoms with E-state index in [-0.39, 0.29) is 11.0 Å². The molecule has 0 aliphatic carbocycles. The van der Waals surface area contributed by atoms with E-state index in [1.54, 1.807) is 54.6 Å². The number of carbonyl (C=O) groups is 2. The number of thiocarbonyl (C=S) groups is 1. The molecule has 3 rings (SSSR count). The van der Waals surface area contributed by atoms with E-state index >= 15 is 0 Å². The number of amides is 2. The van der Waals surface area contributed by atoms with Gasteiger partial charge < -0.3 is 19.8 Å². The van der Waals surface area contributed by atoms with E-state index in [1.165, 1.54) is 25.5 Å². The Hall–Kier alpha value is -3.62. The van der Waals surface area contributed by atoms with Gasteiger partial charge in [-0.25, -0.2) is 0 Å². The molecule has 1 aromatic heterocycles. The Morgan fingerprint density at radius 2 is 1.90 bits per heavy atom. The minimum Gasteiger partial charge on any atom is -0.494 e. The van der Waals surface area contributed by atoms with Crippen molar-refractivity contribution in [3.8, 4) is 5.75 Å². The molecule has 9 heteroatoms. The van der Waals surface area contributed by atoms with Crippen LogP contribution in [0.3, 0.4) is 0 Å². The maximum absolute atomic E-state index is 12.5. The van der Waals surface area contributed by atoms with Gasteiger partial charge in [-0.05, 0) is 54.7 Å². The zero-order chi connectivity index (χ0) is 22.2. The van der Waals surface area contributed by atoms with E-state index in [9.17, 15) is 9.59 Å². The van der Waals surface area contributed by atoms with Crippen molar-refractivity contribution in [2.75, 3.05) is 17.7 Å². The Morgan fingerprint density at radius 3 is 2.61 bits per heavy atom. The summed E-state index contributed by atoms with van der Waals surface area (Å²) < 4.78 is 10.5. The highest BCUT2D eigenvalue weighted by atomic mass is 35.5. The fourth-order valence-corrected chi connectivity index (χ4v) is 3.01. The molecule has 0 bridgehead atoms. The fourth-order valence-electron chi connectivity index (χ4n) is 2.57. The third-order valence-corrected chi connectivity index (χ3v) is 4.54. The number of carbonyl (C=O) groups excluding carboxylic acids is 2. The van der Waals surface area contributed by atoms with E-state index in [0.717, 1.165) is 0 Å². The summed E-state index contributed by atoms with van der Waals surface area (Å²) in [6, 6.07) is 15.1. The van der Waals surface area contributed by atoms with Crippen LogP contribution >= 0.6 is 23.8 Å². The largest absolute Gasteiger partial charge is 0.494 e. The van der Waals surface area contributed by atoms with Crippen LogP contribution in [-0.2, 0) is 4.79 Å². The van der Waals surface area contributed by atoms with Gasteiger partial charge in [-0.3, -0.25) is 14.9 Å². The number of anilines is 2. The van der Waals surface area contributed by atoms with Gasteiger partial charge in [0.2, 0.25) is 5.91 Å². The molecule has 2 aromatic carbocycles. The SMILES string of the molecule is COc1cc(NC(=S)NC(=O)/C=C/c2ccco2)ccc1NC(=O)c1ccccc1Cl. The number of rotatable bonds is 6. The Balaban J connectivity index is 1.62. The van der Waals surface area contributed by atoms with Crippen LogP contribution in [-0.4, -0.2) is 24.0 Å². The van der Waals surface area contributed by atoms with Crippen molar-refractivity contribution in [1.29, 1.82) is 0 Å². The minimum absolute atomic E-state index is 0.101. The molecule has 2 amide bonds. The van der Waals surface area contributed by atoms with Crippen molar-refractivity contribution in [3.05, 3.63) is 83.3 Å². The molecule has 0 spiro atoms. The Bertz CT molecular complexity index is 1130. The van der Waals surface area contributed by atoms with Crippen molar-refractivity contribution in [2.24, 2.45) is 0 Å². The van der Waals surface area contributed by atoms with Crippen molar-refractivity contribution < 1.29 is 18.7 Å². The smallest absolute Gasteiger partial charge is 0.257 e. The monoisotopic (exact) mass is 455 g/mol. The fraction of sp³-hybridized carbons (Fsp3) is 0.0455. The summed E-state index contributed by atoms with van der Waals surface area (Å²) >= 11 is 11.2. The molecule has 0 aliphatic heterocycles. The molecule has 0 atom stereocenters. The zero-order valence-electron chi connectivity index (χ0n) is 16.3. The van der Waals surface area contributed by atoms with Crippen molar-refractivity contribution in [3.63, 3.8) is 0 Å². The number of hydrogen-bond donors (Lipinski definition) is 3. The Morgan fingerprint density at radius 1 is 1.10 bits per heavy atom. The van der Waals surface area contributed by atoms with E-state index in [2.05, 4.69) is 16.0 Å². The lowest BCUT2D eigenvalue weighted by atomic mass is 10.2. The molecule has 0 fully saturated rings. The molecule has 1 heterocycles. The van der Waals surface area contributed by atoms with Gasteiger partial charge >= 0.3 is 0 Å². The van der Waals surface area contributed by atoms with Crippen LogP contribution in [0, 0.1) is 0 Å². The van der Waals surface area contributed by atoms with Crippen LogP contribution in [0.15, 0.2) is 71.4 Å². The van der Waals surface area contributed by atoms with Gasteiger partial charge in [-0.1, -0.05) is 23.7 Å². The summed E-state index contributed by atoms with van der Waals surface area (Å²) in [6.45, 7) is 0. The highest BCUT2D eigenvalue weighted by molar-refractivity contribution is 7.80. The average Bonchev–Trinajstić information content (AvgIpc) is 3.27. The normalized spacial score (nSPS) is 10.5. The summed E-state index contributed by atoms with van der Waals surface area (Å²) in [7, 11) is 1.48. The quantitative estimate of drug-likeness (QED) is 0.368. The van der Waals surface area contributed by atoms with Gasteiger partial charge in [-0.2, -0.15) is 0 Å². The molecule has 0 saturated heterocycles. The van der Waals surface area contributed by atoms with Crippen LogP contribution < -0.4 is 20.7 Å². The summed E-state index contributed by atoms with van der Waals surface area (Å²) in [5.74, 6) is 0.172. The second kappa shape index (κ2) is 10.4. The summed E-state index contributed by atoms with van der Waals surface area (Å²) in [6.07, 6.45) is 4.34. The van der Waals surface area contributed by atoms with Crippen LogP contribution in [0.2, 0.25) is 5.02 Å². The number of halogens is 1. The first kappa shape index (κ1) is 22.1. The molecule has 0 radical (unpaired) electrons.